The van der Waals surface area contributed by atoms with Crippen LogP contribution in [0.1, 0.15) is 27.8 Å². The molecule has 6 heteroatoms. The standard InChI is InChI=1S/C16H19FN4O/c1-11-9-12(3-4-13(11)17)16(22)21-8-7-20(2)14(10-21)15-18-5-6-19-15/h3-6,9,14H,7-8,10H2,1-2H3,(H,18,19)/t14-/m0/s1. The summed E-state index contributed by atoms with van der Waals surface area (Å²) in [6, 6.07) is 4.56. The van der Waals surface area contributed by atoms with Crippen LogP contribution in [0.5, 0.6) is 0 Å². The van der Waals surface area contributed by atoms with Gasteiger partial charge in [0.25, 0.3) is 5.91 Å². The zero-order valence-electron chi connectivity index (χ0n) is 12.7. The molecule has 1 aromatic carbocycles. The van der Waals surface area contributed by atoms with Gasteiger partial charge in [-0.2, -0.15) is 0 Å². The number of piperazine rings is 1. The van der Waals surface area contributed by atoms with Crippen LogP contribution in [0.15, 0.2) is 30.6 Å². The third kappa shape index (κ3) is 2.74. The zero-order valence-corrected chi connectivity index (χ0v) is 12.7. The number of hydrogen-bond donors (Lipinski definition) is 1. The summed E-state index contributed by atoms with van der Waals surface area (Å²) in [5.41, 5.74) is 1.02. The average molecular weight is 302 g/mol. The molecule has 1 aliphatic rings. The second-order valence-electron chi connectivity index (χ2n) is 5.69. The maximum Gasteiger partial charge on any atom is 0.253 e. The van der Waals surface area contributed by atoms with Gasteiger partial charge in [0.1, 0.15) is 11.6 Å². The Kier molecular flexibility index (Phi) is 3.94. The fourth-order valence-electron chi connectivity index (χ4n) is 2.77. The minimum Gasteiger partial charge on any atom is -0.347 e. The van der Waals surface area contributed by atoms with Crippen LogP contribution in [0.3, 0.4) is 0 Å². The minimum absolute atomic E-state index is 0.0502. The van der Waals surface area contributed by atoms with Gasteiger partial charge in [0, 0.05) is 37.6 Å². The molecule has 0 spiro atoms. The molecular formula is C16H19FN4O. The number of aryl methyl sites for hydroxylation is 1. The lowest BCUT2D eigenvalue weighted by molar-refractivity contribution is 0.0534. The van der Waals surface area contributed by atoms with Crippen LogP contribution in [0.25, 0.3) is 0 Å². The van der Waals surface area contributed by atoms with E-state index in [4.69, 9.17) is 0 Å². The van der Waals surface area contributed by atoms with Gasteiger partial charge >= 0.3 is 0 Å². The first kappa shape index (κ1) is 14.7. The van der Waals surface area contributed by atoms with Crippen molar-refractivity contribution in [1.82, 2.24) is 19.8 Å². The number of H-pyrrole nitrogens is 1. The molecule has 0 bridgehead atoms. The molecule has 0 aliphatic carbocycles. The third-order valence-corrected chi connectivity index (χ3v) is 4.18. The van der Waals surface area contributed by atoms with E-state index in [1.807, 2.05) is 7.05 Å². The molecule has 1 saturated heterocycles. The molecular weight excluding hydrogens is 283 g/mol. The summed E-state index contributed by atoms with van der Waals surface area (Å²) in [6.45, 7) is 3.67. The molecule has 1 aliphatic heterocycles. The number of aromatic amines is 1. The number of carbonyl (C=O) groups is 1. The number of likely N-dealkylation sites (N-methyl/N-ethyl adjacent to an activating group) is 1. The van der Waals surface area contributed by atoms with Crippen LogP contribution in [-0.4, -0.2) is 52.4 Å². The van der Waals surface area contributed by atoms with Crippen molar-refractivity contribution in [3.05, 3.63) is 53.4 Å². The Morgan fingerprint density at radius 2 is 2.23 bits per heavy atom. The highest BCUT2D eigenvalue weighted by Crippen LogP contribution is 2.22. The molecule has 5 nitrogen and oxygen atoms in total. The Labute approximate surface area is 128 Å². The molecule has 22 heavy (non-hydrogen) atoms. The van der Waals surface area contributed by atoms with Crippen molar-refractivity contribution in [2.75, 3.05) is 26.7 Å². The van der Waals surface area contributed by atoms with E-state index in [-0.39, 0.29) is 17.8 Å². The van der Waals surface area contributed by atoms with E-state index in [0.717, 1.165) is 12.4 Å². The van der Waals surface area contributed by atoms with Crippen LogP contribution >= 0.6 is 0 Å². The molecule has 1 amide bonds. The van der Waals surface area contributed by atoms with E-state index in [1.165, 1.54) is 6.07 Å². The maximum absolute atomic E-state index is 13.4. The van der Waals surface area contributed by atoms with Crippen LogP contribution in [-0.2, 0) is 0 Å². The average Bonchev–Trinajstić information content (AvgIpc) is 3.04. The molecule has 1 fully saturated rings. The molecule has 1 N–H and O–H groups in total. The van der Waals surface area contributed by atoms with Crippen LogP contribution in [0, 0.1) is 12.7 Å². The highest BCUT2D eigenvalue weighted by Gasteiger charge is 2.30. The first-order chi connectivity index (χ1) is 10.6. The predicted octanol–water partition coefficient (Wildman–Crippen LogP) is 1.99. The van der Waals surface area contributed by atoms with E-state index in [9.17, 15) is 9.18 Å². The number of hydrogen-bond acceptors (Lipinski definition) is 3. The summed E-state index contributed by atoms with van der Waals surface area (Å²) >= 11 is 0. The van der Waals surface area contributed by atoms with Crippen LogP contribution in [0.4, 0.5) is 4.39 Å². The normalized spacial score (nSPS) is 19.4. The molecule has 0 saturated carbocycles. The number of halogens is 1. The van der Waals surface area contributed by atoms with E-state index >= 15 is 0 Å². The van der Waals surface area contributed by atoms with Gasteiger partial charge in [0.2, 0.25) is 0 Å². The van der Waals surface area contributed by atoms with Gasteiger partial charge < -0.3 is 9.88 Å². The minimum atomic E-state index is -0.289. The molecule has 1 atom stereocenters. The molecule has 1 aromatic heterocycles. The number of imidazole rings is 1. The predicted molar refractivity (Wildman–Crippen MR) is 81.0 cm³/mol. The van der Waals surface area contributed by atoms with E-state index in [2.05, 4.69) is 14.9 Å². The number of carbonyl (C=O) groups excluding carboxylic acids is 1. The quantitative estimate of drug-likeness (QED) is 0.923. The molecule has 2 heterocycles. The highest BCUT2D eigenvalue weighted by atomic mass is 19.1. The number of amides is 1. The van der Waals surface area contributed by atoms with Crippen molar-refractivity contribution in [2.24, 2.45) is 0 Å². The number of benzene rings is 1. The van der Waals surface area contributed by atoms with Gasteiger partial charge in [-0.25, -0.2) is 9.37 Å². The monoisotopic (exact) mass is 302 g/mol. The van der Waals surface area contributed by atoms with E-state index in [0.29, 0.717) is 24.2 Å². The topological polar surface area (TPSA) is 52.2 Å². The lowest BCUT2D eigenvalue weighted by atomic mass is 10.1. The number of nitrogens with zero attached hydrogens (tertiary/aromatic N) is 3. The fourth-order valence-corrected chi connectivity index (χ4v) is 2.77. The van der Waals surface area contributed by atoms with Crippen LogP contribution in [0.2, 0.25) is 0 Å². The highest BCUT2D eigenvalue weighted by molar-refractivity contribution is 5.94. The van der Waals surface area contributed by atoms with E-state index < -0.39 is 0 Å². The molecule has 3 rings (SSSR count). The number of nitrogens with one attached hydrogen (secondary N) is 1. The zero-order chi connectivity index (χ0) is 15.7. The van der Waals surface area contributed by atoms with Crippen molar-refractivity contribution in [3.63, 3.8) is 0 Å². The van der Waals surface area contributed by atoms with Gasteiger partial charge in [-0.05, 0) is 37.7 Å². The number of rotatable bonds is 2. The summed E-state index contributed by atoms with van der Waals surface area (Å²) in [6.07, 6.45) is 3.50. The molecule has 116 valence electrons. The van der Waals surface area contributed by atoms with E-state index in [1.54, 1.807) is 36.4 Å². The molecule has 0 radical (unpaired) electrons. The Morgan fingerprint density at radius 3 is 2.91 bits per heavy atom. The largest absolute Gasteiger partial charge is 0.347 e. The van der Waals surface area contributed by atoms with Crippen LogP contribution < -0.4 is 0 Å². The maximum atomic E-state index is 13.4. The Hall–Kier alpha value is -2.21. The van der Waals surface area contributed by atoms with Crippen molar-refractivity contribution in [3.8, 4) is 0 Å². The van der Waals surface area contributed by atoms with Gasteiger partial charge in [-0.3, -0.25) is 9.69 Å². The Morgan fingerprint density at radius 1 is 1.41 bits per heavy atom. The van der Waals surface area contributed by atoms with Gasteiger partial charge in [0.05, 0.1) is 6.04 Å². The first-order valence-electron chi connectivity index (χ1n) is 7.31. The van der Waals surface area contributed by atoms with Gasteiger partial charge in [0.15, 0.2) is 0 Å². The van der Waals surface area contributed by atoms with Crippen molar-refractivity contribution < 1.29 is 9.18 Å². The van der Waals surface area contributed by atoms with Crippen molar-refractivity contribution in [1.29, 1.82) is 0 Å². The first-order valence-corrected chi connectivity index (χ1v) is 7.31. The number of aromatic nitrogens is 2. The second-order valence-corrected chi connectivity index (χ2v) is 5.69. The van der Waals surface area contributed by atoms with Crippen molar-refractivity contribution >= 4 is 5.91 Å². The Bertz CT molecular complexity index is 671. The summed E-state index contributed by atoms with van der Waals surface area (Å²) in [4.78, 5) is 24.0. The van der Waals surface area contributed by atoms with Gasteiger partial charge in [-0.1, -0.05) is 0 Å². The smallest absolute Gasteiger partial charge is 0.253 e. The fraction of sp³-hybridized carbons (Fsp3) is 0.375. The third-order valence-electron chi connectivity index (χ3n) is 4.18. The lowest BCUT2D eigenvalue weighted by Gasteiger charge is -2.38. The SMILES string of the molecule is Cc1cc(C(=O)N2CCN(C)[C@H](c3ncc[nH]3)C2)ccc1F. The second kappa shape index (κ2) is 5.88. The van der Waals surface area contributed by atoms with Crippen molar-refractivity contribution in [2.45, 2.75) is 13.0 Å². The summed E-state index contributed by atoms with van der Waals surface area (Å²) in [5.74, 6) is 0.506. The summed E-state index contributed by atoms with van der Waals surface area (Å²) in [5, 5.41) is 0. The van der Waals surface area contributed by atoms with Gasteiger partial charge in [-0.15, -0.1) is 0 Å². The molecule has 0 unspecified atom stereocenters. The summed E-state index contributed by atoms with van der Waals surface area (Å²) < 4.78 is 13.4. The Balaban J connectivity index is 1.79. The molecule has 2 aromatic rings. The summed E-state index contributed by atoms with van der Waals surface area (Å²) in [7, 11) is 2.02. The lowest BCUT2D eigenvalue weighted by Crippen LogP contribution is -2.49.